The van der Waals surface area contributed by atoms with E-state index in [9.17, 15) is 5.11 Å². The molecule has 0 fully saturated rings. The maximum Gasteiger partial charge on any atom is 0.125 e. The summed E-state index contributed by atoms with van der Waals surface area (Å²) in [5, 5.41) is 10.2. The fourth-order valence-corrected chi connectivity index (χ4v) is 2.53. The predicted molar refractivity (Wildman–Crippen MR) is 64.7 cm³/mol. The molecule has 0 aliphatic carbocycles. The van der Waals surface area contributed by atoms with Crippen molar-refractivity contribution >= 4 is 0 Å². The van der Waals surface area contributed by atoms with E-state index in [0.717, 1.165) is 24.2 Å². The largest absolute Gasteiger partial charge is 0.487 e. The molecule has 2 nitrogen and oxygen atoms in total. The van der Waals surface area contributed by atoms with Crippen LogP contribution in [0.3, 0.4) is 0 Å². The van der Waals surface area contributed by atoms with Crippen LogP contribution in [0.15, 0.2) is 18.2 Å². The third-order valence-corrected chi connectivity index (χ3v) is 3.28. The van der Waals surface area contributed by atoms with Gasteiger partial charge in [-0.2, -0.15) is 0 Å². The molecule has 0 bridgehead atoms. The Morgan fingerprint density at radius 2 is 2.25 bits per heavy atom. The monoisotopic (exact) mass is 220 g/mol. The van der Waals surface area contributed by atoms with Crippen LogP contribution in [0.4, 0.5) is 0 Å². The minimum Gasteiger partial charge on any atom is -0.487 e. The molecule has 1 unspecified atom stereocenters. The van der Waals surface area contributed by atoms with Gasteiger partial charge < -0.3 is 9.84 Å². The lowest BCUT2D eigenvalue weighted by atomic mass is 9.87. The molecule has 2 rings (SSSR count). The van der Waals surface area contributed by atoms with Crippen molar-refractivity contribution in [1.29, 1.82) is 0 Å². The van der Waals surface area contributed by atoms with Gasteiger partial charge in [0.1, 0.15) is 11.4 Å². The molecule has 1 aromatic rings. The summed E-state index contributed by atoms with van der Waals surface area (Å²) in [6.07, 6.45) is 2.36. The third-order valence-electron chi connectivity index (χ3n) is 3.28. The first-order valence-electron chi connectivity index (χ1n) is 6.02. The van der Waals surface area contributed by atoms with Crippen LogP contribution in [0.1, 0.15) is 50.3 Å². The summed E-state index contributed by atoms with van der Waals surface area (Å²) in [5.74, 6) is 0.848. The fourth-order valence-electron chi connectivity index (χ4n) is 2.53. The van der Waals surface area contributed by atoms with E-state index in [1.165, 1.54) is 5.56 Å². The second kappa shape index (κ2) is 4.10. The summed E-state index contributed by atoms with van der Waals surface area (Å²) in [6, 6.07) is 6.02. The normalized spacial score (nSPS) is 28.4. The van der Waals surface area contributed by atoms with Crippen LogP contribution in [-0.2, 0) is 0 Å². The van der Waals surface area contributed by atoms with Crippen LogP contribution in [0.5, 0.6) is 5.75 Å². The molecule has 88 valence electrons. The third kappa shape index (κ3) is 2.07. The van der Waals surface area contributed by atoms with Crippen LogP contribution in [0, 0.1) is 6.92 Å². The van der Waals surface area contributed by atoms with Gasteiger partial charge in [-0.05, 0) is 32.4 Å². The summed E-state index contributed by atoms with van der Waals surface area (Å²) < 4.78 is 6.03. The Kier molecular flexibility index (Phi) is 2.94. The van der Waals surface area contributed by atoms with Gasteiger partial charge in [0.05, 0.1) is 6.10 Å². The second-order valence-corrected chi connectivity index (χ2v) is 5.06. The van der Waals surface area contributed by atoms with Crippen molar-refractivity contribution < 1.29 is 9.84 Å². The Morgan fingerprint density at radius 1 is 1.50 bits per heavy atom. The number of fused-ring (bicyclic) bond motifs is 1. The first kappa shape index (κ1) is 11.5. The van der Waals surface area contributed by atoms with Crippen LogP contribution >= 0.6 is 0 Å². The quantitative estimate of drug-likeness (QED) is 0.828. The number of aliphatic hydroxyl groups excluding tert-OH is 1. The Balaban J connectivity index is 2.33. The van der Waals surface area contributed by atoms with Gasteiger partial charge >= 0.3 is 0 Å². The van der Waals surface area contributed by atoms with E-state index in [2.05, 4.69) is 13.8 Å². The molecule has 1 heterocycles. The lowest BCUT2D eigenvalue weighted by Crippen LogP contribution is -2.38. The molecule has 16 heavy (non-hydrogen) atoms. The molecule has 0 saturated heterocycles. The lowest BCUT2D eigenvalue weighted by molar-refractivity contribution is -0.00737. The molecule has 0 spiro atoms. The first-order valence-corrected chi connectivity index (χ1v) is 6.02. The number of ether oxygens (including phenoxy) is 1. The topological polar surface area (TPSA) is 29.5 Å². The summed E-state index contributed by atoms with van der Waals surface area (Å²) in [6.45, 7) is 6.26. The number of hydrogen-bond acceptors (Lipinski definition) is 2. The van der Waals surface area contributed by atoms with E-state index >= 15 is 0 Å². The number of aliphatic hydroxyl groups is 1. The van der Waals surface area contributed by atoms with Gasteiger partial charge in [0, 0.05) is 12.0 Å². The lowest BCUT2D eigenvalue weighted by Gasteiger charge is -2.38. The highest BCUT2D eigenvalue weighted by molar-refractivity contribution is 5.40. The van der Waals surface area contributed by atoms with Gasteiger partial charge in [-0.25, -0.2) is 0 Å². The highest BCUT2D eigenvalue weighted by Crippen LogP contribution is 2.41. The number of hydrogen-bond donors (Lipinski definition) is 1. The number of rotatable bonds is 2. The second-order valence-electron chi connectivity index (χ2n) is 5.06. The molecule has 2 heteroatoms. The molecule has 2 atom stereocenters. The van der Waals surface area contributed by atoms with E-state index in [0.29, 0.717) is 6.42 Å². The number of benzene rings is 1. The van der Waals surface area contributed by atoms with Crippen LogP contribution in [0.25, 0.3) is 0 Å². The SMILES string of the molecule is CCCC1(C)C[C@H](O)c2cc(C)ccc2O1. The van der Waals surface area contributed by atoms with Gasteiger partial charge in [-0.1, -0.05) is 25.0 Å². The zero-order valence-corrected chi connectivity index (χ0v) is 10.3. The maximum atomic E-state index is 10.2. The molecule has 0 radical (unpaired) electrons. The molecule has 1 N–H and O–H groups in total. The zero-order chi connectivity index (χ0) is 11.8. The summed E-state index contributed by atoms with van der Waals surface area (Å²) in [7, 11) is 0. The van der Waals surface area contributed by atoms with Gasteiger partial charge in [0.15, 0.2) is 0 Å². The fraction of sp³-hybridized carbons (Fsp3) is 0.571. The average molecular weight is 220 g/mol. The standard InChI is InChI=1S/C14H20O2/c1-4-7-14(3)9-12(15)11-8-10(2)5-6-13(11)16-14/h5-6,8,12,15H,4,7,9H2,1-3H3/t12-,14?/m0/s1. The maximum absolute atomic E-state index is 10.2. The van der Waals surface area contributed by atoms with E-state index in [-0.39, 0.29) is 11.7 Å². The Bertz CT molecular complexity index is 386. The van der Waals surface area contributed by atoms with Gasteiger partial charge in [-0.3, -0.25) is 0 Å². The molecule has 1 aliphatic heterocycles. The van der Waals surface area contributed by atoms with E-state index in [4.69, 9.17) is 4.74 Å². The summed E-state index contributed by atoms with van der Waals surface area (Å²) >= 11 is 0. The van der Waals surface area contributed by atoms with Crippen LogP contribution in [0.2, 0.25) is 0 Å². The minimum atomic E-state index is -0.389. The van der Waals surface area contributed by atoms with E-state index in [1.54, 1.807) is 0 Å². The predicted octanol–water partition coefficient (Wildman–Crippen LogP) is 3.37. The van der Waals surface area contributed by atoms with Crippen molar-refractivity contribution in [2.75, 3.05) is 0 Å². The smallest absolute Gasteiger partial charge is 0.125 e. The van der Waals surface area contributed by atoms with E-state index < -0.39 is 0 Å². The Labute approximate surface area is 97.3 Å². The molecule has 0 aromatic heterocycles. The number of aryl methyl sites for hydroxylation is 1. The zero-order valence-electron chi connectivity index (χ0n) is 10.3. The van der Waals surface area contributed by atoms with E-state index in [1.807, 2.05) is 25.1 Å². The average Bonchev–Trinajstić information content (AvgIpc) is 2.19. The van der Waals surface area contributed by atoms with Crippen molar-refractivity contribution in [3.05, 3.63) is 29.3 Å². The van der Waals surface area contributed by atoms with Crippen LogP contribution in [-0.4, -0.2) is 10.7 Å². The Morgan fingerprint density at radius 3 is 2.94 bits per heavy atom. The van der Waals surface area contributed by atoms with Crippen molar-refractivity contribution in [3.63, 3.8) is 0 Å². The van der Waals surface area contributed by atoms with Crippen molar-refractivity contribution in [3.8, 4) is 5.75 Å². The molecule has 0 amide bonds. The van der Waals surface area contributed by atoms with Crippen LogP contribution < -0.4 is 4.74 Å². The van der Waals surface area contributed by atoms with Crippen molar-refractivity contribution in [2.24, 2.45) is 0 Å². The molecular formula is C14H20O2. The van der Waals surface area contributed by atoms with Crippen molar-refractivity contribution in [1.82, 2.24) is 0 Å². The molecule has 1 aromatic carbocycles. The van der Waals surface area contributed by atoms with Crippen molar-refractivity contribution in [2.45, 2.75) is 51.7 Å². The van der Waals surface area contributed by atoms with Gasteiger partial charge in [0.25, 0.3) is 0 Å². The van der Waals surface area contributed by atoms with Gasteiger partial charge in [0.2, 0.25) is 0 Å². The molecule has 1 aliphatic rings. The molecular weight excluding hydrogens is 200 g/mol. The molecule has 0 saturated carbocycles. The summed E-state index contributed by atoms with van der Waals surface area (Å²) in [5.41, 5.74) is 1.89. The van der Waals surface area contributed by atoms with Gasteiger partial charge in [-0.15, -0.1) is 0 Å². The summed E-state index contributed by atoms with van der Waals surface area (Å²) in [4.78, 5) is 0. The highest BCUT2D eigenvalue weighted by atomic mass is 16.5. The Hall–Kier alpha value is -1.02. The minimum absolute atomic E-state index is 0.212. The highest BCUT2D eigenvalue weighted by Gasteiger charge is 2.35. The first-order chi connectivity index (χ1) is 7.54.